The molecule has 1 aliphatic rings. The van der Waals surface area contributed by atoms with Crippen LogP contribution in [-0.4, -0.2) is 19.1 Å². The van der Waals surface area contributed by atoms with Gasteiger partial charge in [0.05, 0.1) is 0 Å². The van der Waals surface area contributed by atoms with Crippen molar-refractivity contribution in [3.63, 3.8) is 0 Å². The monoisotopic (exact) mass is 218 g/mol. The second-order valence-corrected chi connectivity index (χ2v) is 4.73. The van der Waals surface area contributed by atoms with E-state index in [0.717, 1.165) is 19.5 Å². The van der Waals surface area contributed by atoms with Crippen LogP contribution in [0.1, 0.15) is 31.4 Å². The smallest absolute Gasteiger partial charge is 0.0373 e. The molecule has 1 heterocycles. The quantitative estimate of drug-likeness (QED) is 0.794. The molecular formula is C14H22N2. The summed E-state index contributed by atoms with van der Waals surface area (Å²) in [4.78, 5) is 0. The molecule has 0 saturated carbocycles. The second-order valence-electron chi connectivity index (χ2n) is 4.73. The number of fused-ring (bicyclic) bond motifs is 1. The van der Waals surface area contributed by atoms with E-state index in [4.69, 9.17) is 0 Å². The predicted octanol–water partition coefficient (Wildman–Crippen LogP) is 2.59. The fourth-order valence-corrected chi connectivity index (χ4v) is 2.30. The molecule has 16 heavy (non-hydrogen) atoms. The third-order valence-corrected chi connectivity index (χ3v) is 3.16. The van der Waals surface area contributed by atoms with Crippen LogP contribution >= 0.6 is 0 Å². The molecular weight excluding hydrogens is 196 g/mol. The standard InChI is InChI=1S/C14H22N2/c1-3-7-15-11(2)9-12-4-5-14-13(10-12)6-8-16-14/h4-5,10-11,15-16H,3,6-9H2,1-2H3. The number of benzene rings is 1. The van der Waals surface area contributed by atoms with Crippen LogP contribution in [0.5, 0.6) is 0 Å². The maximum atomic E-state index is 3.53. The molecule has 0 amide bonds. The van der Waals surface area contributed by atoms with Crippen molar-refractivity contribution in [2.45, 2.75) is 39.2 Å². The zero-order chi connectivity index (χ0) is 11.4. The molecule has 0 spiro atoms. The third kappa shape index (κ3) is 2.76. The molecule has 0 fully saturated rings. The van der Waals surface area contributed by atoms with E-state index in [9.17, 15) is 0 Å². The maximum Gasteiger partial charge on any atom is 0.0373 e. The van der Waals surface area contributed by atoms with Crippen LogP contribution in [0.2, 0.25) is 0 Å². The molecule has 0 aromatic heterocycles. The molecule has 0 bridgehead atoms. The van der Waals surface area contributed by atoms with Crippen LogP contribution in [0.3, 0.4) is 0 Å². The summed E-state index contributed by atoms with van der Waals surface area (Å²) in [7, 11) is 0. The molecule has 2 rings (SSSR count). The molecule has 2 N–H and O–H groups in total. The lowest BCUT2D eigenvalue weighted by Crippen LogP contribution is -2.28. The minimum absolute atomic E-state index is 0.576. The SMILES string of the molecule is CCCNC(C)Cc1ccc2c(c1)CCN2. The van der Waals surface area contributed by atoms with Gasteiger partial charge in [0, 0.05) is 18.3 Å². The molecule has 0 radical (unpaired) electrons. The van der Waals surface area contributed by atoms with Crippen LogP contribution in [0.25, 0.3) is 0 Å². The van der Waals surface area contributed by atoms with E-state index in [0.29, 0.717) is 6.04 Å². The largest absolute Gasteiger partial charge is 0.384 e. The number of anilines is 1. The highest BCUT2D eigenvalue weighted by atomic mass is 14.9. The number of nitrogens with one attached hydrogen (secondary N) is 2. The van der Waals surface area contributed by atoms with Crippen LogP contribution in [0.15, 0.2) is 18.2 Å². The van der Waals surface area contributed by atoms with Crippen LogP contribution in [-0.2, 0) is 12.8 Å². The molecule has 0 saturated heterocycles. The Bertz CT molecular complexity index is 347. The van der Waals surface area contributed by atoms with Crippen molar-refractivity contribution in [3.8, 4) is 0 Å². The van der Waals surface area contributed by atoms with E-state index in [-0.39, 0.29) is 0 Å². The van der Waals surface area contributed by atoms with Crippen molar-refractivity contribution in [1.29, 1.82) is 0 Å². The van der Waals surface area contributed by atoms with Gasteiger partial charge in [0.2, 0.25) is 0 Å². The molecule has 1 aromatic carbocycles. The summed E-state index contributed by atoms with van der Waals surface area (Å²) >= 11 is 0. The normalized spacial score (nSPS) is 15.6. The van der Waals surface area contributed by atoms with E-state index in [2.05, 4.69) is 42.7 Å². The van der Waals surface area contributed by atoms with Crippen molar-refractivity contribution < 1.29 is 0 Å². The van der Waals surface area contributed by atoms with Gasteiger partial charge in [-0.15, -0.1) is 0 Å². The number of hydrogen-bond acceptors (Lipinski definition) is 2. The predicted molar refractivity (Wildman–Crippen MR) is 70.1 cm³/mol. The van der Waals surface area contributed by atoms with Gasteiger partial charge < -0.3 is 10.6 Å². The van der Waals surface area contributed by atoms with Crippen molar-refractivity contribution in [1.82, 2.24) is 5.32 Å². The Kier molecular flexibility index (Phi) is 3.83. The first-order valence-corrected chi connectivity index (χ1v) is 6.38. The molecule has 0 aliphatic carbocycles. The van der Waals surface area contributed by atoms with Crippen LogP contribution in [0, 0.1) is 0 Å². The van der Waals surface area contributed by atoms with Crippen molar-refractivity contribution in [3.05, 3.63) is 29.3 Å². The Morgan fingerprint density at radius 1 is 1.44 bits per heavy atom. The first-order chi connectivity index (χ1) is 7.79. The molecule has 2 heteroatoms. The van der Waals surface area contributed by atoms with Crippen LogP contribution < -0.4 is 10.6 Å². The van der Waals surface area contributed by atoms with Crippen molar-refractivity contribution >= 4 is 5.69 Å². The topological polar surface area (TPSA) is 24.1 Å². The lowest BCUT2D eigenvalue weighted by atomic mass is 10.0. The van der Waals surface area contributed by atoms with E-state index in [1.807, 2.05) is 0 Å². The molecule has 1 atom stereocenters. The average molecular weight is 218 g/mol. The fraction of sp³-hybridized carbons (Fsp3) is 0.571. The summed E-state index contributed by atoms with van der Waals surface area (Å²) in [6.07, 6.45) is 3.52. The van der Waals surface area contributed by atoms with E-state index >= 15 is 0 Å². The first kappa shape index (κ1) is 11.5. The van der Waals surface area contributed by atoms with Gasteiger partial charge in [-0.05, 0) is 49.9 Å². The Balaban J connectivity index is 1.94. The van der Waals surface area contributed by atoms with Crippen LogP contribution in [0.4, 0.5) is 5.69 Å². The lowest BCUT2D eigenvalue weighted by Gasteiger charge is -2.13. The van der Waals surface area contributed by atoms with Gasteiger partial charge in [0.1, 0.15) is 0 Å². The highest BCUT2D eigenvalue weighted by molar-refractivity contribution is 5.56. The van der Waals surface area contributed by atoms with Gasteiger partial charge in [-0.1, -0.05) is 19.1 Å². The number of rotatable bonds is 5. The van der Waals surface area contributed by atoms with Gasteiger partial charge >= 0.3 is 0 Å². The highest BCUT2D eigenvalue weighted by Crippen LogP contribution is 2.23. The Hall–Kier alpha value is -1.02. The zero-order valence-electron chi connectivity index (χ0n) is 10.3. The Morgan fingerprint density at radius 3 is 3.12 bits per heavy atom. The number of hydrogen-bond donors (Lipinski definition) is 2. The average Bonchev–Trinajstić information content (AvgIpc) is 2.73. The second kappa shape index (κ2) is 5.35. The van der Waals surface area contributed by atoms with Gasteiger partial charge in [-0.2, -0.15) is 0 Å². The minimum atomic E-state index is 0.576. The maximum absolute atomic E-state index is 3.53. The van der Waals surface area contributed by atoms with Gasteiger partial charge in [0.15, 0.2) is 0 Å². The van der Waals surface area contributed by atoms with Gasteiger partial charge in [0.25, 0.3) is 0 Å². The van der Waals surface area contributed by atoms with E-state index in [1.165, 1.54) is 29.7 Å². The summed E-state index contributed by atoms with van der Waals surface area (Å²) < 4.78 is 0. The molecule has 1 unspecified atom stereocenters. The molecule has 88 valence electrons. The molecule has 2 nitrogen and oxygen atoms in total. The van der Waals surface area contributed by atoms with E-state index in [1.54, 1.807) is 0 Å². The summed E-state index contributed by atoms with van der Waals surface area (Å²) in [6.45, 7) is 6.69. The lowest BCUT2D eigenvalue weighted by molar-refractivity contribution is 0.543. The third-order valence-electron chi connectivity index (χ3n) is 3.16. The minimum Gasteiger partial charge on any atom is -0.384 e. The summed E-state index contributed by atoms with van der Waals surface area (Å²) in [6, 6.07) is 7.41. The van der Waals surface area contributed by atoms with E-state index < -0.39 is 0 Å². The van der Waals surface area contributed by atoms with Crippen molar-refractivity contribution in [2.24, 2.45) is 0 Å². The molecule has 1 aromatic rings. The summed E-state index contributed by atoms with van der Waals surface area (Å²) in [5.74, 6) is 0. The summed E-state index contributed by atoms with van der Waals surface area (Å²) in [5.41, 5.74) is 4.27. The van der Waals surface area contributed by atoms with Gasteiger partial charge in [-0.3, -0.25) is 0 Å². The van der Waals surface area contributed by atoms with Crippen molar-refractivity contribution in [2.75, 3.05) is 18.4 Å². The first-order valence-electron chi connectivity index (χ1n) is 6.38. The molecule has 1 aliphatic heterocycles. The fourth-order valence-electron chi connectivity index (χ4n) is 2.30. The Labute approximate surface area is 98.4 Å². The zero-order valence-corrected chi connectivity index (χ0v) is 10.3. The summed E-state index contributed by atoms with van der Waals surface area (Å²) in [5, 5.41) is 6.93. The van der Waals surface area contributed by atoms with Gasteiger partial charge in [-0.25, -0.2) is 0 Å². The Morgan fingerprint density at radius 2 is 2.31 bits per heavy atom. The highest BCUT2D eigenvalue weighted by Gasteiger charge is 2.10.